The second-order valence-electron chi connectivity index (χ2n) is 16.5. The summed E-state index contributed by atoms with van der Waals surface area (Å²) in [6.45, 7) is 12.8. The number of rotatable bonds is 15. The first kappa shape index (κ1) is 40.5. The lowest BCUT2D eigenvalue weighted by atomic mass is 9.45. The van der Waals surface area contributed by atoms with E-state index in [1.54, 1.807) is 25.2 Å². The van der Waals surface area contributed by atoms with Crippen LogP contribution in [0.2, 0.25) is 0 Å². The van der Waals surface area contributed by atoms with Crippen molar-refractivity contribution in [3.05, 3.63) is 47.5 Å². The predicted molar refractivity (Wildman–Crippen MR) is 204 cm³/mol. The summed E-state index contributed by atoms with van der Waals surface area (Å²) >= 11 is 0. The minimum atomic E-state index is -0.930. The predicted octanol–water partition coefficient (Wildman–Crippen LogP) is 3.62. The molecule has 1 aliphatic heterocycles. The number of aliphatic hydroxyl groups is 2. The van der Waals surface area contributed by atoms with Crippen LogP contribution in [-0.2, 0) is 16.2 Å². The first-order valence-corrected chi connectivity index (χ1v) is 19.1. The van der Waals surface area contributed by atoms with Crippen LogP contribution in [0.1, 0.15) is 76.7 Å². The molecule has 3 saturated carbocycles. The van der Waals surface area contributed by atoms with E-state index in [2.05, 4.69) is 31.4 Å². The number of carbonyl (C=O) groups is 2. The first-order valence-electron chi connectivity index (χ1n) is 19.1. The highest BCUT2D eigenvalue weighted by molar-refractivity contribution is 5.97. The van der Waals surface area contributed by atoms with Gasteiger partial charge in [-0.1, -0.05) is 52.8 Å². The van der Waals surface area contributed by atoms with Crippen molar-refractivity contribution in [1.82, 2.24) is 15.7 Å². The van der Waals surface area contributed by atoms with Gasteiger partial charge in [-0.3, -0.25) is 14.4 Å². The molecule has 1 saturated heterocycles. The highest BCUT2D eigenvalue weighted by atomic mass is 16.7. The Hall–Kier alpha value is -3.71. The third kappa shape index (κ3) is 8.66. The Morgan fingerprint density at radius 1 is 1.13 bits per heavy atom. The summed E-state index contributed by atoms with van der Waals surface area (Å²) in [5, 5.41) is 42.7. The number of hydroxylamine groups is 2. The van der Waals surface area contributed by atoms with Crippen LogP contribution in [0.25, 0.3) is 11.1 Å². The van der Waals surface area contributed by atoms with Gasteiger partial charge in [0.15, 0.2) is 0 Å². The molecule has 2 aromatic carbocycles. The fourth-order valence-electron chi connectivity index (χ4n) is 8.82. The van der Waals surface area contributed by atoms with Crippen molar-refractivity contribution < 1.29 is 34.5 Å². The first-order chi connectivity index (χ1) is 25.1. The van der Waals surface area contributed by atoms with Gasteiger partial charge in [-0.15, -0.1) is 0 Å². The van der Waals surface area contributed by atoms with Crippen LogP contribution in [0.15, 0.2) is 41.4 Å². The average molecular weight is 735 g/mol. The quantitative estimate of drug-likeness (QED) is 0.122. The summed E-state index contributed by atoms with van der Waals surface area (Å²) in [6.07, 6.45) is 0.755. The fraction of sp³-hybridized carbons (Fsp3) is 0.634. The number of aliphatic imine (C=N–C) groups is 1. The molecule has 292 valence electrons. The van der Waals surface area contributed by atoms with E-state index < -0.39 is 24.2 Å². The highest BCUT2D eigenvalue weighted by Gasteiger charge is 2.56. The van der Waals surface area contributed by atoms with Crippen molar-refractivity contribution in [2.24, 2.45) is 40.0 Å². The molecule has 53 heavy (non-hydrogen) atoms. The van der Waals surface area contributed by atoms with Crippen LogP contribution >= 0.6 is 0 Å². The molecule has 2 aromatic rings. The standard InChI is InChI=1S/C41H61N5O7/c1-23(2)15-35(49)42-13-14-43-39(50)28-16-27(17-30(18-28)45(7)8)31-12-10-11-26(38(31)52-9)21-46-37(36(25(4)48)34(22-47)53-46)40(51)44-33-20-29-19-32(24(33)3)41(29,5)6/h10-12,16-18,23-25,29,32-34,36-37,47-48H,13-15,19-22H2,1-9H3,(H,42,49)(H,43,50)(H,44,51)/p-1/t24-,25-,29+,32-,33?,34-,36+,37-/m0/s1. The Morgan fingerprint density at radius 3 is 2.45 bits per heavy atom. The maximum Gasteiger partial charge on any atom is 0.251 e. The zero-order valence-electron chi connectivity index (χ0n) is 32.9. The lowest BCUT2D eigenvalue weighted by Crippen LogP contribution is -2.57. The van der Waals surface area contributed by atoms with Crippen molar-refractivity contribution in [1.29, 1.82) is 0 Å². The number of para-hydroxylation sites is 1. The van der Waals surface area contributed by atoms with Gasteiger partial charge in [0.05, 0.1) is 38.4 Å². The molecular weight excluding hydrogens is 674 g/mol. The number of hydrogen-bond acceptors (Lipinski definition) is 10. The number of methoxy groups -OCH3 is 1. The molecule has 4 N–H and O–H groups in total. The topological polar surface area (TPSA) is 159 Å². The number of aliphatic hydroxyl groups excluding tert-OH is 2. The SMILES string of the molecule is COc1c(CN2O[C@@H](CO)[C@@H]([C@H](C)O)[C@H]2C([O-])=NC2C[C@H]3C[C@@H]([C@@H]2C)C3(C)C)cccc1-c1cc(C(=O)NCCNC(=O)CC(C)C)cc(N(C)C)c1. The number of nitrogens with one attached hydrogen (secondary N) is 2. The smallest absolute Gasteiger partial charge is 0.251 e. The van der Waals surface area contributed by atoms with E-state index in [0.29, 0.717) is 36.1 Å². The monoisotopic (exact) mass is 734 g/mol. The van der Waals surface area contributed by atoms with E-state index in [0.717, 1.165) is 28.8 Å². The fourth-order valence-corrected chi connectivity index (χ4v) is 8.82. The van der Waals surface area contributed by atoms with Gasteiger partial charge >= 0.3 is 0 Å². The third-order valence-corrected chi connectivity index (χ3v) is 11.9. The summed E-state index contributed by atoms with van der Waals surface area (Å²) in [6, 6.07) is 10.3. The van der Waals surface area contributed by atoms with Gasteiger partial charge in [0.25, 0.3) is 5.91 Å². The van der Waals surface area contributed by atoms with E-state index in [4.69, 9.17) is 14.6 Å². The minimum Gasteiger partial charge on any atom is -0.861 e. The summed E-state index contributed by atoms with van der Waals surface area (Å²) in [5.41, 5.74) is 3.72. The van der Waals surface area contributed by atoms with Crippen LogP contribution in [0.3, 0.4) is 0 Å². The second kappa shape index (κ2) is 16.8. The molecule has 4 fully saturated rings. The van der Waals surface area contributed by atoms with Crippen LogP contribution < -0.4 is 25.4 Å². The lowest BCUT2D eigenvalue weighted by molar-refractivity contribution is -0.239. The molecule has 0 spiro atoms. The Labute approximate surface area is 314 Å². The number of amides is 2. The molecule has 8 atom stereocenters. The van der Waals surface area contributed by atoms with Gasteiger partial charge in [0.2, 0.25) is 5.91 Å². The largest absolute Gasteiger partial charge is 0.861 e. The minimum absolute atomic E-state index is 0.0462. The Balaban J connectivity index is 1.41. The van der Waals surface area contributed by atoms with Crippen LogP contribution in [0.4, 0.5) is 5.69 Å². The Bertz CT molecular complexity index is 1640. The van der Waals surface area contributed by atoms with Gasteiger partial charge in [0.1, 0.15) is 11.9 Å². The molecule has 12 heteroatoms. The lowest BCUT2D eigenvalue weighted by Gasteiger charge is -2.61. The van der Waals surface area contributed by atoms with E-state index in [-0.39, 0.29) is 60.7 Å². The number of benzene rings is 2. The summed E-state index contributed by atoms with van der Waals surface area (Å²) in [5.74, 6) is 0.768. The van der Waals surface area contributed by atoms with Crippen molar-refractivity contribution in [3.63, 3.8) is 0 Å². The van der Waals surface area contributed by atoms with Crippen LogP contribution in [0, 0.1) is 35.0 Å². The summed E-state index contributed by atoms with van der Waals surface area (Å²) in [4.78, 5) is 38.3. The zero-order valence-corrected chi connectivity index (χ0v) is 32.9. The number of fused-ring (bicyclic) bond motifs is 2. The molecule has 6 rings (SSSR count). The highest BCUT2D eigenvalue weighted by Crippen LogP contribution is 2.61. The molecule has 0 aromatic heterocycles. The summed E-state index contributed by atoms with van der Waals surface area (Å²) < 4.78 is 6.02. The zero-order chi connectivity index (χ0) is 38.8. The van der Waals surface area contributed by atoms with E-state index in [1.165, 1.54) is 6.42 Å². The molecule has 1 heterocycles. The van der Waals surface area contributed by atoms with Crippen LogP contribution in [-0.4, -0.2) is 98.2 Å². The van der Waals surface area contributed by atoms with E-state index in [1.807, 2.05) is 63.2 Å². The average Bonchev–Trinajstić information content (AvgIpc) is 3.48. The number of hydrogen-bond donors (Lipinski definition) is 4. The molecule has 2 bridgehead atoms. The Kier molecular flexibility index (Phi) is 12.8. The van der Waals surface area contributed by atoms with E-state index in [9.17, 15) is 24.9 Å². The number of ether oxygens (including phenoxy) is 1. The molecule has 1 unspecified atom stereocenters. The number of carbonyl (C=O) groups excluding carboxylic acids is 2. The Morgan fingerprint density at radius 2 is 1.85 bits per heavy atom. The van der Waals surface area contributed by atoms with Gasteiger partial charge in [-0.05, 0) is 78.5 Å². The molecule has 12 nitrogen and oxygen atoms in total. The molecule has 4 aliphatic rings. The second-order valence-corrected chi connectivity index (χ2v) is 16.5. The maximum absolute atomic E-state index is 14.2. The van der Waals surface area contributed by atoms with Crippen molar-refractivity contribution in [3.8, 4) is 16.9 Å². The van der Waals surface area contributed by atoms with Crippen molar-refractivity contribution in [2.45, 2.75) is 91.6 Å². The normalized spacial score (nSPS) is 27.2. The van der Waals surface area contributed by atoms with E-state index >= 15 is 0 Å². The molecule has 3 aliphatic carbocycles. The summed E-state index contributed by atoms with van der Waals surface area (Å²) in [7, 11) is 5.38. The van der Waals surface area contributed by atoms with Crippen LogP contribution in [0.5, 0.6) is 5.75 Å². The molecular formula is C41H60N5O7-. The van der Waals surface area contributed by atoms with Gasteiger partial charge in [-0.2, -0.15) is 5.06 Å². The number of anilines is 1. The third-order valence-electron chi connectivity index (χ3n) is 11.9. The number of nitrogens with zero attached hydrogens (tertiary/aromatic N) is 3. The van der Waals surface area contributed by atoms with Gasteiger partial charge in [-0.25, -0.2) is 0 Å². The van der Waals surface area contributed by atoms with Crippen molar-refractivity contribution in [2.75, 3.05) is 45.8 Å². The van der Waals surface area contributed by atoms with Gasteiger partial charge in [0, 0.05) is 61.9 Å². The molecule has 0 radical (unpaired) electrons. The van der Waals surface area contributed by atoms with Crippen molar-refractivity contribution >= 4 is 23.4 Å². The van der Waals surface area contributed by atoms with Gasteiger partial charge < -0.3 is 40.6 Å². The molecule has 2 amide bonds. The maximum atomic E-state index is 14.2.